The van der Waals surface area contributed by atoms with Crippen LogP contribution in [0.1, 0.15) is 27.2 Å². The summed E-state index contributed by atoms with van der Waals surface area (Å²) >= 11 is 6.08. The molecule has 6 nitrogen and oxygen atoms in total. The molecule has 1 saturated heterocycles. The Hall–Kier alpha value is -2.88. The molecule has 0 aliphatic carbocycles. The van der Waals surface area contributed by atoms with E-state index in [1.807, 2.05) is 27.0 Å². The number of halogens is 1. The first-order chi connectivity index (χ1) is 13.4. The molecule has 2 aromatic rings. The van der Waals surface area contributed by atoms with Crippen molar-refractivity contribution in [2.75, 3.05) is 20.1 Å². The van der Waals surface area contributed by atoms with Crippen LogP contribution in [0.3, 0.4) is 0 Å². The zero-order valence-corrected chi connectivity index (χ0v) is 16.9. The normalized spacial score (nSPS) is 14.3. The van der Waals surface area contributed by atoms with Crippen LogP contribution in [0.25, 0.3) is 5.76 Å². The molecule has 7 heteroatoms. The predicted molar refractivity (Wildman–Crippen MR) is 111 cm³/mol. The standard InChI is InChI=1S/C16H15ClN2O2.C5H8N2/c1-10-3-4-13(7-14(10)17)21-15(5-6-18)16-11(2)12(9-20)8-19-16;1-7-3-5(2-6)4-7/h3-9,18-19H,1-2H3;5H,3-4H2,1H3/b15-5+,18-6?;. The molecule has 2 heterocycles. The molecule has 3 rings (SSSR count). The van der Waals surface area contributed by atoms with Crippen LogP contribution in [-0.4, -0.2) is 42.5 Å². The van der Waals surface area contributed by atoms with Gasteiger partial charge in [0.2, 0.25) is 0 Å². The van der Waals surface area contributed by atoms with Gasteiger partial charge in [-0.2, -0.15) is 5.26 Å². The number of nitrogens with zero attached hydrogens (tertiary/aromatic N) is 2. The van der Waals surface area contributed by atoms with Crippen LogP contribution in [0.2, 0.25) is 5.02 Å². The molecule has 0 bridgehead atoms. The largest absolute Gasteiger partial charge is 0.455 e. The number of rotatable bonds is 5. The van der Waals surface area contributed by atoms with Gasteiger partial charge in [0.05, 0.1) is 17.7 Å². The Kier molecular flexibility index (Phi) is 7.56. The summed E-state index contributed by atoms with van der Waals surface area (Å²) in [7, 11) is 2.02. The average molecular weight is 399 g/mol. The van der Waals surface area contributed by atoms with Gasteiger partial charge in [0.15, 0.2) is 12.0 Å². The topological polar surface area (TPSA) is 93.0 Å². The maximum atomic E-state index is 10.9. The highest BCUT2D eigenvalue weighted by atomic mass is 35.5. The minimum Gasteiger partial charge on any atom is -0.455 e. The second-order valence-electron chi connectivity index (χ2n) is 6.62. The number of benzene rings is 1. The summed E-state index contributed by atoms with van der Waals surface area (Å²) in [6.45, 7) is 5.66. The first-order valence-corrected chi connectivity index (χ1v) is 9.13. The van der Waals surface area contributed by atoms with Crippen molar-refractivity contribution in [3.05, 3.63) is 57.9 Å². The highest BCUT2D eigenvalue weighted by molar-refractivity contribution is 6.31. The number of ether oxygens (including phenoxy) is 1. The molecule has 0 unspecified atom stereocenters. The van der Waals surface area contributed by atoms with Crippen molar-refractivity contribution < 1.29 is 9.53 Å². The molecule has 146 valence electrons. The van der Waals surface area contributed by atoms with Crippen LogP contribution in [-0.2, 0) is 0 Å². The molecule has 0 radical (unpaired) electrons. The number of aryl methyl sites for hydroxylation is 1. The molecule has 1 fully saturated rings. The van der Waals surface area contributed by atoms with Gasteiger partial charge >= 0.3 is 0 Å². The van der Waals surface area contributed by atoms with Crippen LogP contribution in [0.5, 0.6) is 5.75 Å². The molecule has 1 aliphatic heterocycles. The summed E-state index contributed by atoms with van der Waals surface area (Å²) < 4.78 is 5.79. The van der Waals surface area contributed by atoms with Gasteiger partial charge < -0.3 is 20.0 Å². The number of hydrogen-bond donors (Lipinski definition) is 2. The smallest absolute Gasteiger partial charge is 0.152 e. The summed E-state index contributed by atoms with van der Waals surface area (Å²) in [5.74, 6) is 1.35. The van der Waals surface area contributed by atoms with E-state index in [2.05, 4.69) is 16.0 Å². The maximum Gasteiger partial charge on any atom is 0.152 e. The Bertz CT molecular complexity index is 921. The maximum absolute atomic E-state index is 10.9. The number of nitrogens with one attached hydrogen (secondary N) is 2. The zero-order valence-electron chi connectivity index (χ0n) is 16.1. The van der Waals surface area contributed by atoms with E-state index < -0.39 is 0 Å². The lowest BCUT2D eigenvalue weighted by atomic mass is 10.0. The summed E-state index contributed by atoms with van der Waals surface area (Å²) in [5.41, 5.74) is 2.96. The summed E-state index contributed by atoms with van der Waals surface area (Å²) in [6, 6.07) is 7.57. The fourth-order valence-corrected chi connectivity index (χ4v) is 2.85. The Morgan fingerprint density at radius 2 is 2.14 bits per heavy atom. The quantitative estimate of drug-likeness (QED) is 0.447. The highest BCUT2D eigenvalue weighted by Gasteiger charge is 2.21. The van der Waals surface area contributed by atoms with Crippen molar-refractivity contribution in [1.82, 2.24) is 9.88 Å². The lowest BCUT2D eigenvalue weighted by Crippen LogP contribution is -2.42. The van der Waals surface area contributed by atoms with Crippen molar-refractivity contribution in [2.45, 2.75) is 13.8 Å². The third-order valence-corrected chi connectivity index (χ3v) is 4.81. The predicted octanol–water partition coefficient (Wildman–Crippen LogP) is 4.24. The molecule has 1 aliphatic rings. The van der Waals surface area contributed by atoms with Gasteiger partial charge in [-0.25, -0.2) is 0 Å². The lowest BCUT2D eigenvalue weighted by molar-refractivity contribution is 0.112. The summed E-state index contributed by atoms with van der Waals surface area (Å²) in [4.78, 5) is 16.0. The van der Waals surface area contributed by atoms with E-state index in [0.29, 0.717) is 33.7 Å². The SMILES string of the molecule is CN1CC(C#N)C1.Cc1ccc(O/C(=C/C=N)c2[nH]cc(C=O)c2C)cc1Cl. The lowest BCUT2D eigenvalue weighted by Gasteiger charge is -2.30. The molecule has 1 aromatic carbocycles. The average Bonchev–Trinajstić information content (AvgIpc) is 3.02. The number of nitriles is 1. The van der Waals surface area contributed by atoms with Crippen molar-refractivity contribution in [1.29, 1.82) is 10.7 Å². The Morgan fingerprint density at radius 3 is 2.61 bits per heavy atom. The van der Waals surface area contributed by atoms with Gasteiger partial charge in [0.25, 0.3) is 0 Å². The van der Waals surface area contributed by atoms with Crippen LogP contribution >= 0.6 is 11.6 Å². The minimum atomic E-state index is 0.324. The van der Waals surface area contributed by atoms with E-state index in [4.69, 9.17) is 27.0 Å². The number of carbonyl (C=O) groups excluding carboxylic acids is 1. The summed E-state index contributed by atoms with van der Waals surface area (Å²) in [5, 5.41) is 16.1. The van der Waals surface area contributed by atoms with Crippen molar-refractivity contribution in [3.63, 3.8) is 0 Å². The minimum absolute atomic E-state index is 0.324. The number of allylic oxidation sites excluding steroid dienone is 1. The molecule has 1 aromatic heterocycles. The number of hydrogen-bond acceptors (Lipinski definition) is 5. The number of likely N-dealkylation sites (tertiary alicyclic amines) is 1. The van der Waals surface area contributed by atoms with E-state index in [0.717, 1.165) is 36.7 Å². The molecule has 0 atom stereocenters. The van der Waals surface area contributed by atoms with Crippen LogP contribution in [0.15, 0.2) is 30.5 Å². The van der Waals surface area contributed by atoms with E-state index >= 15 is 0 Å². The fraction of sp³-hybridized carbons (Fsp3) is 0.286. The van der Waals surface area contributed by atoms with Gasteiger partial charge in [0.1, 0.15) is 5.75 Å². The monoisotopic (exact) mass is 398 g/mol. The van der Waals surface area contributed by atoms with Crippen molar-refractivity contribution >= 4 is 29.9 Å². The van der Waals surface area contributed by atoms with Crippen molar-refractivity contribution in [3.8, 4) is 11.8 Å². The van der Waals surface area contributed by atoms with Crippen molar-refractivity contribution in [2.24, 2.45) is 5.92 Å². The molecule has 0 spiro atoms. The van der Waals surface area contributed by atoms with Gasteiger partial charge in [0, 0.05) is 42.2 Å². The first-order valence-electron chi connectivity index (χ1n) is 8.76. The molecular weight excluding hydrogens is 376 g/mol. The van der Waals surface area contributed by atoms with E-state index in [9.17, 15) is 4.79 Å². The molecule has 0 amide bonds. The second-order valence-corrected chi connectivity index (χ2v) is 7.03. The highest BCUT2D eigenvalue weighted by Crippen LogP contribution is 2.27. The molecular formula is C21H23ClN4O2. The van der Waals surface area contributed by atoms with Gasteiger partial charge in [-0.05, 0) is 44.2 Å². The van der Waals surface area contributed by atoms with Crippen LogP contribution < -0.4 is 4.74 Å². The number of H-pyrrole nitrogens is 1. The Labute approximate surface area is 169 Å². The zero-order chi connectivity index (χ0) is 20.7. The number of aldehydes is 1. The number of carbonyl (C=O) groups is 1. The third-order valence-electron chi connectivity index (χ3n) is 4.41. The Morgan fingerprint density at radius 1 is 1.43 bits per heavy atom. The summed E-state index contributed by atoms with van der Waals surface area (Å²) in [6.07, 6.45) is 5.04. The third kappa shape index (κ3) is 5.32. The first kappa shape index (κ1) is 21.4. The second kappa shape index (κ2) is 9.88. The fourth-order valence-electron chi connectivity index (χ4n) is 2.68. The van der Waals surface area contributed by atoms with Gasteiger partial charge in [-0.1, -0.05) is 17.7 Å². The van der Waals surface area contributed by atoms with E-state index in [1.54, 1.807) is 18.3 Å². The Balaban J connectivity index is 0.000000336. The van der Waals surface area contributed by atoms with Crippen LogP contribution in [0, 0.1) is 36.5 Å². The number of aromatic nitrogens is 1. The van der Waals surface area contributed by atoms with Gasteiger partial charge in [-0.15, -0.1) is 0 Å². The molecule has 2 N–H and O–H groups in total. The van der Waals surface area contributed by atoms with Gasteiger partial charge in [-0.3, -0.25) is 4.79 Å². The van der Waals surface area contributed by atoms with Crippen LogP contribution in [0.4, 0.5) is 0 Å². The molecule has 0 saturated carbocycles. The number of aromatic amines is 1. The van der Waals surface area contributed by atoms with E-state index in [-0.39, 0.29) is 0 Å². The van der Waals surface area contributed by atoms with E-state index in [1.165, 1.54) is 6.08 Å². The molecule has 28 heavy (non-hydrogen) atoms.